The standard InChI is InChI=1S/C14H20FNO2/c15-13-3-1-2-12(10-13)11-16-6-4-14(5-7-16)18-9-8-17/h1-3,10,14,17H,4-9,11H2. The summed E-state index contributed by atoms with van der Waals surface area (Å²) in [4.78, 5) is 2.31. The fraction of sp³-hybridized carbons (Fsp3) is 0.571. The fourth-order valence-electron chi connectivity index (χ4n) is 2.35. The van der Waals surface area contributed by atoms with Crippen molar-refractivity contribution in [2.45, 2.75) is 25.5 Å². The third-order valence-electron chi connectivity index (χ3n) is 3.27. The van der Waals surface area contributed by atoms with Crippen LogP contribution < -0.4 is 0 Å². The number of halogens is 1. The fourth-order valence-corrected chi connectivity index (χ4v) is 2.35. The molecular formula is C14H20FNO2. The van der Waals surface area contributed by atoms with Gasteiger partial charge in [0.1, 0.15) is 5.82 Å². The number of ether oxygens (including phenoxy) is 1. The summed E-state index contributed by atoms with van der Waals surface area (Å²) in [6.07, 6.45) is 2.23. The Labute approximate surface area is 107 Å². The summed E-state index contributed by atoms with van der Waals surface area (Å²) in [7, 11) is 0. The molecule has 1 aliphatic rings. The van der Waals surface area contributed by atoms with Gasteiger partial charge in [-0.2, -0.15) is 0 Å². The Kier molecular flexibility index (Phi) is 5.11. The van der Waals surface area contributed by atoms with E-state index in [1.807, 2.05) is 6.07 Å². The number of likely N-dealkylation sites (tertiary alicyclic amines) is 1. The SMILES string of the molecule is OCCOC1CCN(Cc2cccc(F)c2)CC1. The van der Waals surface area contributed by atoms with Crippen LogP contribution in [0.25, 0.3) is 0 Å². The molecule has 100 valence electrons. The molecule has 1 aromatic rings. The summed E-state index contributed by atoms with van der Waals surface area (Å²) in [5.41, 5.74) is 1.02. The second kappa shape index (κ2) is 6.83. The van der Waals surface area contributed by atoms with Crippen molar-refractivity contribution in [2.75, 3.05) is 26.3 Å². The number of piperidine rings is 1. The lowest BCUT2D eigenvalue weighted by molar-refractivity contribution is -0.00902. The summed E-state index contributed by atoms with van der Waals surface area (Å²) in [6.45, 7) is 3.24. The van der Waals surface area contributed by atoms with Crippen molar-refractivity contribution < 1.29 is 14.2 Å². The summed E-state index contributed by atoms with van der Waals surface area (Å²) < 4.78 is 18.6. The van der Waals surface area contributed by atoms with E-state index < -0.39 is 0 Å². The number of aliphatic hydroxyl groups is 1. The number of hydrogen-bond donors (Lipinski definition) is 1. The molecule has 3 nitrogen and oxygen atoms in total. The molecule has 0 aromatic heterocycles. The van der Waals surface area contributed by atoms with E-state index in [0.717, 1.165) is 38.0 Å². The smallest absolute Gasteiger partial charge is 0.123 e. The number of aliphatic hydroxyl groups excluding tert-OH is 1. The van der Waals surface area contributed by atoms with Gasteiger partial charge in [0.2, 0.25) is 0 Å². The van der Waals surface area contributed by atoms with Crippen LogP contribution in [0, 0.1) is 5.82 Å². The molecule has 18 heavy (non-hydrogen) atoms. The summed E-state index contributed by atoms with van der Waals surface area (Å²) in [5, 5.41) is 8.70. The molecule has 0 bridgehead atoms. The molecule has 4 heteroatoms. The summed E-state index contributed by atoms with van der Waals surface area (Å²) in [6, 6.07) is 6.77. The van der Waals surface area contributed by atoms with Gasteiger partial charge >= 0.3 is 0 Å². The molecule has 1 fully saturated rings. The van der Waals surface area contributed by atoms with E-state index in [-0.39, 0.29) is 18.5 Å². The van der Waals surface area contributed by atoms with Crippen LogP contribution in [0.3, 0.4) is 0 Å². The molecule has 0 atom stereocenters. The zero-order valence-corrected chi connectivity index (χ0v) is 10.5. The maximum absolute atomic E-state index is 13.1. The molecule has 0 unspecified atom stereocenters. The van der Waals surface area contributed by atoms with Gasteiger partial charge in [0.05, 0.1) is 19.3 Å². The first kappa shape index (κ1) is 13.5. The lowest BCUT2D eigenvalue weighted by Gasteiger charge is -2.31. The first-order valence-electron chi connectivity index (χ1n) is 6.47. The molecule has 2 rings (SSSR count). The Hall–Kier alpha value is -0.970. The Morgan fingerprint density at radius 2 is 2.11 bits per heavy atom. The van der Waals surface area contributed by atoms with Crippen molar-refractivity contribution in [2.24, 2.45) is 0 Å². The van der Waals surface area contributed by atoms with Gasteiger partial charge < -0.3 is 9.84 Å². The molecule has 1 heterocycles. The second-order valence-electron chi connectivity index (χ2n) is 4.70. The van der Waals surface area contributed by atoms with E-state index in [9.17, 15) is 4.39 Å². The summed E-state index contributed by atoms with van der Waals surface area (Å²) >= 11 is 0. The monoisotopic (exact) mass is 253 g/mol. The quantitative estimate of drug-likeness (QED) is 0.868. The number of benzene rings is 1. The van der Waals surface area contributed by atoms with Crippen LogP contribution in [0.1, 0.15) is 18.4 Å². The highest BCUT2D eigenvalue weighted by molar-refractivity contribution is 5.16. The van der Waals surface area contributed by atoms with Crippen LogP contribution in [0.15, 0.2) is 24.3 Å². The minimum Gasteiger partial charge on any atom is -0.394 e. The van der Waals surface area contributed by atoms with Crippen LogP contribution >= 0.6 is 0 Å². The van der Waals surface area contributed by atoms with Gasteiger partial charge in [-0.15, -0.1) is 0 Å². The maximum Gasteiger partial charge on any atom is 0.123 e. The molecule has 0 aliphatic carbocycles. The molecular weight excluding hydrogens is 233 g/mol. The second-order valence-corrected chi connectivity index (χ2v) is 4.70. The molecule has 1 saturated heterocycles. The van der Waals surface area contributed by atoms with Crippen molar-refractivity contribution in [3.63, 3.8) is 0 Å². The highest BCUT2D eigenvalue weighted by atomic mass is 19.1. The van der Waals surface area contributed by atoms with Crippen LogP contribution in [0.5, 0.6) is 0 Å². The number of nitrogens with zero attached hydrogens (tertiary/aromatic N) is 1. The molecule has 0 saturated carbocycles. The Morgan fingerprint density at radius 1 is 1.33 bits per heavy atom. The Bertz CT molecular complexity index is 365. The minimum absolute atomic E-state index is 0.0868. The van der Waals surface area contributed by atoms with Crippen molar-refractivity contribution in [1.82, 2.24) is 4.90 Å². The topological polar surface area (TPSA) is 32.7 Å². The van der Waals surface area contributed by atoms with E-state index in [0.29, 0.717) is 6.61 Å². The Morgan fingerprint density at radius 3 is 2.78 bits per heavy atom. The van der Waals surface area contributed by atoms with Gasteiger partial charge in [-0.25, -0.2) is 4.39 Å². The molecule has 0 radical (unpaired) electrons. The Balaban J connectivity index is 1.76. The highest BCUT2D eigenvalue weighted by Crippen LogP contribution is 2.16. The molecule has 1 aliphatic heterocycles. The third-order valence-corrected chi connectivity index (χ3v) is 3.27. The van der Waals surface area contributed by atoms with Crippen LogP contribution in [0.4, 0.5) is 4.39 Å². The lowest BCUT2D eigenvalue weighted by Crippen LogP contribution is -2.36. The van der Waals surface area contributed by atoms with Gasteiger partial charge in [0, 0.05) is 19.6 Å². The van der Waals surface area contributed by atoms with Gasteiger partial charge in [-0.1, -0.05) is 12.1 Å². The van der Waals surface area contributed by atoms with Gasteiger partial charge in [-0.05, 0) is 30.5 Å². The average molecular weight is 253 g/mol. The molecule has 1 aromatic carbocycles. The maximum atomic E-state index is 13.1. The van der Waals surface area contributed by atoms with Crippen molar-refractivity contribution in [1.29, 1.82) is 0 Å². The molecule has 0 spiro atoms. The van der Waals surface area contributed by atoms with Gasteiger partial charge in [0.15, 0.2) is 0 Å². The van der Waals surface area contributed by atoms with Crippen molar-refractivity contribution in [3.8, 4) is 0 Å². The number of hydrogen-bond acceptors (Lipinski definition) is 3. The van der Waals surface area contributed by atoms with E-state index in [1.165, 1.54) is 6.07 Å². The highest BCUT2D eigenvalue weighted by Gasteiger charge is 2.19. The number of rotatable bonds is 5. The van der Waals surface area contributed by atoms with E-state index >= 15 is 0 Å². The normalized spacial score (nSPS) is 18.1. The zero-order valence-electron chi connectivity index (χ0n) is 10.5. The van der Waals surface area contributed by atoms with E-state index in [4.69, 9.17) is 9.84 Å². The molecule has 0 amide bonds. The third kappa shape index (κ3) is 4.05. The zero-order chi connectivity index (χ0) is 12.8. The minimum atomic E-state index is -0.173. The van der Waals surface area contributed by atoms with E-state index in [1.54, 1.807) is 12.1 Å². The summed E-state index contributed by atoms with van der Waals surface area (Å²) in [5.74, 6) is -0.173. The predicted octanol–water partition coefficient (Wildman–Crippen LogP) is 1.80. The van der Waals surface area contributed by atoms with Crippen LogP contribution in [0.2, 0.25) is 0 Å². The van der Waals surface area contributed by atoms with Crippen molar-refractivity contribution in [3.05, 3.63) is 35.6 Å². The lowest BCUT2D eigenvalue weighted by atomic mass is 10.1. The van der Waals surface area contributed by atoms with Crippen molar-refractivity contribution >= 4 is 0 Å². The first-order valence-corrected chi connectivity index (χ1v) is 6.47. The average Bonchev–Trinajstić information content (AvgIpc) is 2.38. The first-order chi connectivity index (χ1) is 8.78. The van der Waals surface area contributed by atoms with Crippen LogP contribution in [-0.4, -0.2) is 42.4 Å². The van der Waals surface area contributed by atoms with Gasteiger partial charge in [0.25, 0.3) is 0 Å². The van der Waals surface area contributed by atoms with E-state index in [2.05, 4.69) is 4.90 Å². The largest absolute Gasteiger partial charge is 0.394 e. The predicted molar refractivity (Wildman–Crippen MR) is 67.7 cm³/mol. The van der Waals surface area contributed by atoms with Crippen LogP contribution in [-0.2, 0) is 11.3 Å². The van der Waals surface area contributed by atoms with Gasteiger partial charge in [-0.3, -0.25) is 4.90 Å². The molecule has 1 N–H and O–H groups in total.